The lowest BCUT2D eigenvalue weighted by Crippen LogP contribution is -2.37. The largest absolute Gasteiger partial charge is 0.463 e. The van der Waals surface area contributed by atoms with Gasteiger partial charge in [0.2, 0.25) is 12.5 Å². The van der Waals surface area contributed by atoms with Crippen molar-refractivity contribution in [2.24, 2.45) is 0 Å². The van der Waals surface area contributed by atoms with Gasteiger partial charge in [0.1, 0.15) is 12.7 Å². The summed E-state index contributed by atoms with van der Waals surface area (Å²) in [7, 11) is 0. The molecule has 1 rings (SSSR count). The van der Waals surface area contributed by atoms with Gasteiger partial charge in [0.25, 0.3) is 0 Å². The molecule has 1 fully saturated rings. The van der Waals surface area contributed by atoms with E-state index in [9.17, 15) is 18.8 Å². The van der Waals surface area contributed by atoms with Crippen molar-refractivity contribution in [2.45, 2.75) is 45.4 Å². The number of carbonyl (C=O) groups is 3. The van der Waals surface area contributed by atoms with Gasteiger partial charge in [-0.3, -0.25) is 14.4 Å². The Morgan fingerprint density at radius 3 is 2.11 bits per heavy atom. The molecule has 0 unspecified atom stereocenters. The van der Waals surface area contributed by atoms with E-state index in [0.717, 1.165) is 13.8 Å². The first-order chi connectivity index (χ1) is 8.81. The monoisotopic (exact) mass is 278 g/mol. The Morgan fingerprint density at radius 1 is 1.05 bits per heavy atom. The van der Waals surface area contributed by atoms with Crippen LogP contribution < -0.4 is 0 Å². The molecule has 0 spiro atoms. The van der Waals surface area contributed by atoms with Gasteiger partial charge in [-0.1, -0.05) is 0 Å². The van der Waals surface area contributed by atoms with Gasteiger partial charge in [-0.05, 0) is 0 Å². The van der Waals surface area contributed by atoms with Crippen molar-refractivity contribution in [3.8, 4) is 0 Å². The summed E-state index contributed by atoms with van der Waals surface area (Å²) in [5.41, 5.74) is 0. The zero-order valence-corrected chi connectivity index (χ0v) is 10.8. The van der Waals surface area contributed by atoms with Gasteiger partial charge in [0.05, 0.1) is 0 Å². The molecule has 7 nitrogen and oxygen atoms in total. The van der Waals surface area contributed by atoms with Crippen molar-refractivity contribution in [1.82, 2.24) is 0 Å². The van der Waals surface area contributed by atoms with Crippen molar-refractivity contribution in [2.75, 3.05) is 6.61 Å². The van der Waals surface area contributed by atoms with Crippen molar-refractivity contribution >= 4 is 17.9 Å². The minimum Gasteiger partial charge on any atom is -0.463 e. The standard InChI is InChI=1S/C11H15FO7/c1-5(13)16-4-8-10(17-6(2)14)9(12)11(19-8)18-7(3)15/h8-11H,4H2,1-3H3/t8-,9-,10+,11-/m0/s1. The Kier molecular flexibility index (Phi) is 5.22. The van der Waals surface area contributed by atoms with Gasteiger partial charge in [-0.25, -0.2) is 4.39 Å². The fraction of sp³-hybridized carbons (Fsp3) is 0.727. The predicted octanol–water partition coefficient (Wildman–Crippen LogP) is 0.107. The zero-order valence-electron chi connectivity index (χ0n) is 10.8. The highest BCUT2D eigenvalue weighted by molar-refractivity contribution is 5.67. The van der Waals surface area contributed by atoms with Gasteiger partial charge in [0.15, 0.2) is 6.10 Å². The lowest BCUT2D eigenvalue weighted by molar-refractivity contribution is -0.184. The maximum absolute atomic E-state index is 13.9. The summed E-state index contributed by atoms with van der Waals surface area (Å²) in [6.45, 7) is 3.07. The van der Waals surface area contributed by atoms with Crippen molar-refractivity contribution < 1.29 is 37.7 Å². The quantitative estimate of drug-likeness (QED) is 0.532. The first-order valence-electron chi connectivity index (χ1n) is 5.58. The van der Waals surface area contributed by atoms with Crippen LogP contribution in [0.2, 0.25) is 0 Å². The summed E-state index contributed by atoms with van der Waals surface area (Å²) in [5.74, 6) is -2.04. The zero-order chi connectivity index (χ0) is 14.6. The normalized spacial score (nSPS) is 29.7. The Labute approximate surface area is 108 Å². The molecule has 0 aromatic rings. The second kappa shape index (κ2) is 6.46. The van der Waals surface area contributed by atoms with Gasteiger partial charge in [0, 0.05) is 20.8 Å². The molecule has 4 atom stereocenters. The minimum atomic E-state index is -1.84. The van der Waals surface area contributed by atoms with E-state index in [2.05, 4.69) is 9.47 Å². The van der Waals surface area contributed by atoms with Gasteiger partial charge >= 0.3 is 17.9 Å². The Morgan fingerprint density at radius 2 is 1.63 bits per heavy atom. The summed E-state index contributed by atoms with van der Waals surface area (Å²) in [4.78, 5) is 32.4. The molecular formula is C11H15FO7. The molecule has 1 aliphatic rings. The average Bonchev–Trinajstić information content (AvgIpc) is 2.53. The molecule has 0 aromatic heterocycles. The van der Waals surface area contributed by atoms with Crippen LogP contribution in [0.4, 0.5) is 4.39 Å². The molecule has 0 amide bonds. The number of esters is 3. The molecule has 1 saturated heterocycles. The molecule has 108 valence electrons. The highest BCUT2D eigenvalue weighted by Gasteiger charge is 2.49. The average molecular weight is 278 g/mol. The third kappa shape index (κ3) is 4.47. The van der Waals surface area contributed by atoms with Gasteiger partial charge in [-0.2, -0.15) is 0 Å². The number of ether oxygens (including phenoxy) is 4. The minimum absolute atomic E-state index is 0.300. The van der Waals surface area contributed by atoms with Crippen molar-refractivity contribution in [3.63, 3.8) is 0 Å². The van der Waals surface area contributed by atoms with E-state index in [0.29, 0.717) is 0 Å². The van der Waals surface area contributed by atoms with Crippen LogP contribution in [0.15, 0.2) is 0 Å². The van der Waals surface area contributed by atoms with Crippen molar-refractivity contribution in [1.29, 1.82) is 0 Å². The second-order valence-electron chi connectivity index (χ2n) is 3.97. The number of hydrogen-bond acceptors (Lipinski definition) is 7. The number of hydrogen-bond donors (Lipinski definition) is 0. The maximum atomic E-state index is 13.9. The Bertz CT molecular complexity index is 370. The number of alkyl halides is 1. The molecule has 0 saturated carbocycles. The first kappa shape index (κ1) is 15.4. The van der Waals surface area contributed by atoms with E-state index >= 15 is 0 Å². The smallest absolute Gasteiger partial charge is 0.305 e. The molecule has 0 radical (unpaired) electrons. The third-order valence-electron chi connectivity index (χ3n) is 2.28. The van der Waals surface area contributed by atoms with E-state index in [1.54, 1.807) is 0 Å². The Balaban J connectivity index is 2.71. The summed E-state index contributed by atoms with van der Waals surface area (Å²) in [6.07, 6.45) is -5.64. The molecule has 0 bridgehead atoms. The molecule has 0 N–H and O–H groups in total. The van der Waals surface area contributed by atoms with Gasteiger partial charge < -0.3 is 18.9 Å². The lowest BCUT2D eigenvalue weighted by Gasteiger charge is -2.17. The van der Waals surface area contributed by atoms with Crippen molar-refractivity contribution in [3.05, 3.63) is 0 Å². The molecule has 8 heteroatoms. The van der Waals surface area contributed by atoms with Crippen LogP contribution in [-0.2, 0) is 33.3 Å². The molecule has 19 heavy (non-hydrogen) atoms. The second-order valence-corrected chi connectivity index (χ2v) is 3.97. The fourth-order valence-corrected chi connectivity index (χ4v) is 1.61. The number of halogens is 1. The van der Waals surface area contributed by atoms with Crippen LogP contribution in [0, 0.1) is 0 Å². The van der Waals surface area contributed by atoms with E-state index in [4.69, 9.17) is 9.47 Å². The Hall–Kier alpha value is -1.70. The summed E-state index contributed by atoms with van der Waals surface area (Å²) < 4.78 is 33.0. The van der Waals surface area contributed by atoms with Crippen LogP contribution in [0.3, 0.4) is 0 Å². The van der Waals surface area contributed by atoms with E-state index < -0.39 is 42.6 Å². The highest BCUT2D eigenvalue weighted by atomic mass is 19.1. The summed E-state index contributed by atoms with van der Waals surface area (Å²) >= 11 is 0. The SMILES string of the molecule is CC(=O)OC[C@@H]1O[C@H](OC(C)=O)[C@@H](F)[C@@H]1OC(C)=O. The number of rotatable bonds is 4. The predicted molar refractivity (Wildman–Crippen MR) is 57.5 cm³/mol. The van der Waals surface area contributed by atoms with Crippen LogP contribution in [0.25, 0.3) is 0 Å². The summed E-state index contributed by atoms with van der Waals surface area (Å²) in [6, 6.07) is 0. The van der Waals surface area contributed by atoms with Crippen LogP contribution in [0.5, 0.6) is 0 Å². The number of carbonyl (C=O) groups excluding carboxylic acids is 3. The van der Waals surface area contributed by atoms with E-state index in [-0.39, 0.29) is 6.61 Å². The third-order valence-corrected chi connectivity index (χ3v) is 2.28. The first-order valence-corrected chi connectivity index (χ1v) is 5.58. The topological polar surface area (TPSA) is 88.1 Å². The molecule has 1 heterocycles. The molecule has 0 aromatic carbocycles. The molecular weight excluding hydrogens is 263 g/mol. The fourth-order valence-electron chi connectivity index (χ4n) is 1.61. The highest BCUT2D eigenvalue weighted by Crippen LogP contribution is 2.28. The lowest BCUT2D eigenvalue weighted by atomic mass is 10.1. The van der Waals surface area contributed by atoms with Crippen LogP contribution in [-0.4, -0.2) is 49.2 Å². The van der Waals surface area contributed by atoms with Crippen LogP contribution >= 0.6 is 0 Å². The van der Waals surface area contributed by atoms with Crippen LogP contribution in [0.1, 0.15) is 20.8 Å². The molecule has 1 aliphatic heterocycles. The maximum Gasteiger partial charge on any atom is 0.305 e. The van der Waals surface area contributed by atoms with Gasteiger partial charge in [-0.15, -0.1) is 0 Å². The van der Waals surface area contributed by atoms with E-state index in [1.165, 1.54) is 6.92 Å². The molecule has 0 aliphatic carbocycles. The van der Waals surface area contributed by atoms with E-state index in [1.807, 2.05) is 0 Å². The summed E-state index contributed by atoms with van der Waals surface area (Å²) in [5, 5.41) is 0.